The molecular formula is C23H29FN4O4. The van der Waals surface area contributed by atoms with E-state index >= 15 is 0 Å². The van der Waals surface area contributed by atoms with Crippen molar-refractivity contribution in [2.45, 2.75) is 39.2 Å². The lowest BCUT2D eigenvalue weighted by Crippen LogP contribution is -2.46. The second kappa shape index (κ2) is 10.2. The van der Waals surface area contributed by atoms with Gasteiger partial charge in [-0.2, -0.15) is 4.98 Å². The summed E-state index contributed by atoms with van der Waals surface area (Å²) < 4.78 is 23.5. The van der Waals surface area contributed by atoms with Crippen LogP contribution in [-0.4, -0.2) is 64.6 Å². The minimum atomic E-state index is -0.307. The normalized spacial score (nSPS) is 18.6. The Bertz CT molecular complexity index is 916. The Kier molecular flexibility index (Phi) is 7.14. The summed E-state index contributed by atoms with van der Waals surface area (Å²) in [5, 5.41) is 3.99. The van der Waals surface area contributed by atoms with Crippen LogP contribution in [0.1, 0.15) is 38.5 Å². The van der Waals surface area contributed by atoms with Crippen molar-refractivity contribution in [2.75, 3.05) is 32.8 Å². The first-order chi connectivity index (χ1) is 15.5. The molecule has 0 spiro atoms. The molecule has 0 N–H and O–H groups in total. The molecule has 0 aliphatic carbocycles. The van der Waals surface area contributed by atoms with Gasteiger partial charge in [0.1, 0.15) is 5.82 Å². The molecule has 2 saturated heterocycles. The Morgan fingerprint density at radius 2 is 1.72 bits per heavy atom. The zero-order valence-corrected chi connectivity index (χ0v) is 18.3. The highest BCUT2D eigenvalue weighted by Gasteiger charge is 2.33. The van der Waals surface area contributed by atoms with E-state index in [1.165, 1.54) is 12.1 Å². The number of benzene rings is 1. The molecule has 9 heteroatoms. The Balaban J connectivity index is 1.23. The third-order valence-corrected chi connectivity index (χ3v) is 6.29. The molecule has 2 aliphatic rings. The van der Waals surface area contributed by atoms with Gasteiger partial charge in [0, 0.05) is 24.6 Å². The Hall–Kier alpha value is -2.81. The number of hydrogen-bond donors (Lipinski definition) is 0. The second-order valence-electron chi connectivity index (χ2n) is 8.42. The van der Waals surface area contributed by atoms with Gasteiger partial charge < -0.3 is 14.2 Å². The van der Waals surface area contributed by atoms with Gasteiger partial charge in [0.15, 0.2) is 0 Å². The van der Waals surface area contributed by atoms with Gasteiger partial charge in [-0.05, 0) is 70.0 Å². The van der Waals surface area contributed by atoms with Crippen molar-refractivity contribution in [2.24, 2.45) is 11.8 Å². The van der Waals surface area contributed by atoms with Crippen LogP contribution in [0.3, 0.4) is 0 Å². The van der Waals surface area contributed by atoms with E-state index in [1.807, 2.05) is 11.8 Å². The summed E-state index contributed by atoms with van der Waals surface area (Å²) >= 11 is 0. The molecular weight excluding hydrogens is 415 g/mol. The van der Waals surface area contributed by atoms with E-state index in [2.05, 4.69) is 15.0 Å². The largest absolute Gasteiger partial charge is 0.466 e. The molecule has 4 rings (SSSR count). The summed E-state index contributed by atoms with van der Waals surface area (Å²) in [6, 6.07) is 5.98. The number of esters is 1. The topological polar surface area (TPSA) is 88.8 Å². The summed E-state index contributed by atoms with van der Waals surface area (Å²) in [4.78, 5) is 33.3. The van der Waals surface area contributed by atoms with Crippen molar-refractivity contribution in [1.82, 2.24) is 19.9 Å². The second-order valence-corrected chi connectivity index (χ2v) is 8.42. The zero-order valence-electron chi connectivity index (χ0n) is 18.3. The number of nitrogens with zero attached hydrogens (tertiary/aromatic N) is 4. The third-order valence-electron chi connectivity index (χ3n) is 6.29. The van der Waals surface area contributed by atoms with Gasteiger partial charge in [-0.15, -0.1) is 0 Å². The third kappa shape index (κ3) is 5.32. The van der Waals surface area contributed by atoms with E-state index in [9.17, 15) is 14.0 Å². The van der Waals surface area contributed by atoms with Crippen molar-refractivity contribution in [3.8, 4) is 11.4 Å². The molecule has 2 aliphatic heterocycles. The molecule has 0 bridgehead atoms. The maximum atomic E-state index is 13.1. The van der Waals surface area contributed by atoms with Crippen LogP contribution in [0.4, 0.5) is 4.39 Å². The lowest BCUT2D eigenvalue weighted by atomic mass is 9.92. The van der Waals surface area contributed by atoms with Gasteiger partial charge in [-0.1, -0.05) is 5.16 Å². The highest BCUT2D eigenvalue weighted by Crippen LogP contribution is 2.25. The summed E-state index contributed by atoms with van der Waals surface area (Å²) in [5.41, 5.74) is 0.706. The van der Waals surface area contributed by atoms with Crippen LogP contribution in [-0.2, 0) is 20.9 Å². The molecule has 1 aromatic carbocycles. The molecule has 1 aromatic heterocycles. The fourth-order valence-electron chi connectivity index (χ4n) is 4.42. The van der Waals surface area contributed by atoms with E-state index in [-0.39, 0.29) is 29.5 Å². The molecule has 2 aromatic rings. The molecule has 2 fully saturated rings. The number of rotatable bonds is 6. The summed E-state index contributed by atoms with van der Waals surface area (Å²) in [7, 11) is 0. The van der Waals surface area contributed by atoms with Gasteiger partial charge in [0.2, 0.25) is 17.6 Å². The molecule has 0 saturated carbocycles. The van der Waals surface area contributed by atoms with Gasteiger partial charge >= 0.3 is 5.97 Å². The smallest absolute Gasteiger partial charge is 0.309 e. The molecule has 0 atom stereocenters. The minimum absolute atomic E-state index is 0.0165. The lowest BCUT2D eigenvalue weighted by molar-refractivity contribution is -0.152. The highest BCUT2D eigenvalue weighted by atomic mass is 19.1. The number of aromatic nitrogens is 2. The number of halogens is 1. The Labute approximate surface area is 186 Å². The van der Waals surface area contributed by atoms with Gasteiger partial charge in [-0.25, -0.2) is 4.39 Å². The van der Waals surface area contributed by atoms with Crippen LogP contribution < -0.4 is 0 Å². The monoisotopic (exact) mass is 444 g/mol. The van der Waals surface area contributed by atoms with Gasteiger partial charge in [0.25, 0.3) is 0 Å². The van der Waals surface area contributed by atoms with Gasteiger partial charge in [0.05, 0.1) is 19.1 Å². The molecule has 0 radical (unpaired) electrons. The number of hydrogen-bond acceptors (Lipinski definition) is 7. The Morgan fingerprint density at radius 3 is 2.38 bits per heavy atom. The predicted octanol–water partition coefficient (Wildman–Crippen LogP) is 2.89. The first-order valence-corrected chi connectivity index (χ1v) is 11.3. The zero-order chi connectivity index (χ0) is 22.5. The average Bonchev–Trinajstić information content (AvgIpc) is 3.28. The summed E-state index contributed by atoms with van der Waals surface area (Å²) in [6.45, 7) is 5.54. The van der Waals surface area contributed by atoms with Crippen molar-refractivity contribution < 1.29 is 23.2 Å². The fraction of sp³-hybridized carbons (Fsp3) is 0.565. The first-order valence-electron chi connectivity index (χ1n) is 11.3. The van der Waals surface area contributed by atoms with Crippen molar-refractivity contribution in [3.63, 3.8) is 0 Å². The van der Waals surface area contributed by atoms with Gasteiger partial charge in [-0.3, -0.25) is 14.5 Å². The lowest BCUT2D eigenvalue weighted by Gasteiger charge is -2.36. The van der Waals surface area contributed by atoms with Crippen LogP contribution in [0, 0.1) is 17.7 Å². The van der Waals surface area contributed by atoms with E-state index < -0.39 is 0 Å². The minimum Gasteiger partial charge on any atom is -0.466 e. The molecule has 0 unspecified atom stereocenters. The molecule has 3 heterocycles. The molecule has 172 valence electrons. The van der Waals surface area contributed by atoms with Crippen LogP contribution >= 0.6 is 0 Å². The standard InChI is InChI=1S/C23H29FN4O4/c1-2-31-23(30)18-9-13-28(14-10-18)22(29)17-7-11-27(12-8-17)15-20-25-21(26-32-20)16-3-5-19(24)6-4-16/h3-6,17-18H,2,7-15H2,1H3. The number of piperidine rings is 2. The van der Waals surface area contributed by atoms with E-state index in [0.29, 0.717) is 56.4 Å². The van der Waals surface area contributed by atoms with E-state index in [4.69, 9.17) is 9.26 Å². The van der Waals surface area contributed by atoms with Crippen LogP contribution in [0.2, 0.25) is 0 Å². The predicted molar refractivity (Wildman–Crippen MR) is 114 cm³/mol. The van der Waals surface area contributed by atoms with Crippen LogP contribution in [0.25, 0.3) is 11.4 Å². The number of amides is 1. The SMILES string of the molecule is CCOC(=O)C1CCN(C(=O)C2CCN(Cc3nc(-c4ccc(F)cc4)no3)CC2)CC1. The maximum Gasteiger partial charge on any atom is 0.309 e. The highest BCUT2D eigenvalue weighted by molar-refractivity contribution is 5.79. The van der Waals surface area contributed by atoms with Crippen LogP contribution in [0.15, 0.2) is 28.8 Å². The van der Waals surface area contributed by atoms with Crippen molar-refractivity contribution in [1.29, 1.82) is 0 Å². The quantitative estimate of drug-likeness (QED) is 0.633. The maximum absolute atomic E-state index is 13.1. The first kappa shape index (κ1) is 22.4. The number of ether oxygens (including phenoxy) is 1. The summed E-state index contributed by atoms with van der Waals surface area (Å²) in [6.07, 6.45) is 2.93. The molecule has 1 amide bonds. The summed E-state index contributed by atoms with van der Waals surface area (Å²) in [5.74, 6) is 0.627. The van der Waals surface area contributed by atoms with Crippen molar-refractivity contribution >= 4 is 11.9 Å². The van der Waals surface area contributed by atoms with E-state index in [0.717, 1.165) is 25.9 Å². The average molecular weight is 445 g/mol. The fourth-order valence-corrected chi connectivity index (χ4v) is 4.42. The Morgan fingerprint density at radius 1 is 1.06 bits per heavy atom. The molecule has 8 nitrogen and oxygen atoms in total. The van der Waals surface area contributed by atoms with Crippen molar-refractivity contribution in [3.05, 3.63) is 36.0 Å². The molecule has 32 heavy (non-hydrogen) atoms. The number of likely N-dealkylation sites (tertiary alicyclic amines) is 2. The number of carbonyl (C=O) groups excluding carboxylic acids is 2. The van der Waals surface area contributed by atoms with Crippen LogP contribution in [0.5, 0.6) is 0 Å². The van der Waals surface area contributed by atoms with E-state index in [1.54, 1.807) is 12.1 Å². The number of carbonyl (C=O) groups is 2.